The highest BCUT2D eigenvalue weighted by molar-refractivity contribution is 5.94. The lowest BCUT2D eigenvalue weighted by molar-refractivity contribution is -0.133. The molecule has 0 heterocycles. The van der Waals surface area contributed by atoms with Gasteiger partial charge in [0.05, 0.1) is 6.61 Å². The lowest BCUT2D eigenvalue weighted by Gasteiger charge is -2.20. The molecule has 0 aromatic heterocycles. The third-order valence-corrected chi connectivity index (χ3v) is 3.52. The first-order valence-corrected chi connectivity index (χ1v) is 8.00. The first kappa shape index (κ1) is 18.4. The molecule has 0 fully saturated rings. The smallest absolute Gasteiger partial charge is 0.244 e. The van der Waals surface area contributed by atoms with Crippen LogP contribution in [0.25, 0.3) is 0 Å². The van der Waals surface area contributed by atoms with Crippen molar-refractivity contribution in [3.05, 3.63) is 59.9 Å². The zero-order valence-electron chi connectivity index (χ0n) is 14.3. The van der Waals surface area contributed by atoms with Gasteiger partial charge in [-0.3, -0.25) is 9.59 Å². The highest BCUT2D eigenvalue weighted by atomic mass is 19.1. The summed E-state index contributed by atoms with van der Waals surface area (Å²) in [7, 11) is 0. The molecule has 0 aliphatic carbocycles. The van der Waals surface area contributed by atoms with E-state index in [9.17, 15) is 14.0 Å². The monoisotopic (exact) mass is 344 g/mol. The Morgan fingerprint density at radius 3 is 2.28 bits per heavy atom. The van der Waals surface area contributed by atoms with Crippen LogP contribution in [0.15, 0.2) is 48.5 Å². The van der Waals surface area contributed by atoms with Crippen molar-refractivity contribution in [1.82, 2.24) is 4.90 Å². The third kappa shape index (κ3) is 5.91. The fourth-order valence-corrected chi connectivity index (χ4v) is 2.26. The summed E-state index contributed by atoms with van der Waals surface area (Å²) < 4.78 is 18.3. The molecule has 2 aromatic rings. The van der Waals surface area contributed by atoms with Gasteiger partial charge in [0.1, 0.15) is 18.1 Å². The molecule has 1 N–H and O–H groups in total. The number of carbonyl (C=O) groups is 2. The van der Waals surface area contributed by atoms with Gasteiger partial charge in [-0.1, -0.05) is 12.1 Å². The Kier molecular flexibility index (Phi) is 6.51. The van der Waals surface area contributed by atoms with E-state index in [4.69, 9.17) is 4.74 Å². The topological polar surface area (TPSA) is 58.6 Å². The summed E-state index contributed by atoms with van der Waals surface area (Å²) in [5.41, 5.74) is 1.38. The summed E-state index contributed by atoms with van der Waals surface area (Å²) in [4.78, 5) is 25.4. The van der Waals surface area contributed by atoms with E-state index in [0.717, 1.165) is 11.3 Å². The van der Waals surface area contributed by atoms with Crippen molar-refractivity contribution in [2.75, 3.05) is 18.5 Å². The minimum absolute atomic E-state index is 0.0834. The van der Waals surface area contributed by atoms with Crippen molar-refractivity contribution < 1.29 is 18.7 Å². The lowest BCUT2D eigenvalue weighted by Crippen LogP contribution is -2.36. The molecule has 2 rings (SSSR count). The summed E-state index contributed by atoms with van der Waals surface area (Å²) in [5.74, 6) is -0.152. The maximum Gasteiger partial charge on any atom is 0.244 e. The zero-order chi connectivity index (χ0) is 18.2. The third-order valence-electron chi connectivity index (χ3n) is 3.52. The van der Waals surface area contributed by atoms with E-state index < -0.39 is 0 Å². The molecule has 0 aliphatic rings. The van der Waals surface area contributed by atoms with E-state index in [2.05, 4.69) is 5.32 Å². The van der Waals surface area contributed by atoms with Crippen molar-refractivity contribution in [3.8, 4) is 5.75 Å². The van der Waals surface area contributed by atoms with Gasteiger partial charge in [-0.2, -0.15) is 0 Å². The molecule has 0 unspecified atom stereocenters. The molecule has 132 valence electrons. The van der Waals surface area contributed by atoms with Crippen LogP contribution in [0.2, 0.25) is 0 Å². The Morgan fingerprint density at radius 2 is 1.72 bits per heavy atom. The predicted octanol–water partition coefficient (Wildman–Crippen LogP) is 3.21. The highest BCUT2D eigenvalue weighted by Gasteiger charge is 2.14. The summed E-state index contributed by atoms with van der Waals surface area (Å²) >= 11 is 0. The average Bonchev–Trinajstić information content (AvgIpc) is 2.58. The number of carbonyl (C=O) groups excluding carboxylic acids is 2. The maximum absolute atomic E-state index is 13.0. The van der Waals surface area contributed by atoms with Gasteiger partial charge in [0.2, 0.25) is 11.8 Å². The summed E-state index contributed by atoms with van der Waals surface area (Å²) in [6, 6.07) is 12.8. The van der Waals surface area contributed by atoms with E-state index in [1.54, 1.807) is 36.4 Å². The molecule has 0 atom stereocenters. The molecule has 0 radical (unpaired) electrons. The number of nitrogens with one attached hydrogen (secondary N) is 1. The maximum atomic E-state index is 13.0. The largest absolute Gasteiger partial charge is 0.494 e. The highest BCUT2D eigenvalue weighted by Crippen LogP contribution is 2.15. The number of amides is 2. The molecule has 6 heteroatoms. The zero-order valence-corrected chi connectivity index (χ0v) is 14.3. The minimum Gasteiger partial charge on any atom is -0.494 e. The first-order valence-electron chi connectivity index (χ1n) is 8.00. The van der Waals surface area contributed by atoms with Gasteiger partial charge in [0, 0.05) is 19.2 Å². The average molecular weight is 344 g/mol. The number of benzene rings is 2. The molecule has 0 saturated carbocycles. The van der Waals surface area contributed by atoms with Gasteiger partial charge in [-0.15, -0.1) is 0 Å². The Balaban J connectivity index is 1.95. The van der Waals surface area contributed by atoms with E-state index in [1.165, 1.54) is 24.0 Å². The molecule has 0 bridgehead atoms. The summed E-state index contributed by atoms with van der Waals surface area (Å²) in [5, 5.41) is 2.74. The molecule has 2 amide bonds. The standard InChI is InChI=1S/C19H21FN2O3/c1-3-25-18-10-8-17(9-11-18)21-19(24)13-22(14(2)23)12-15-4-6-16(20)7-5-15/h4-11H,3,12-13H2,1-2H3,(H,21,24). The second-order valence-corrected chi connectivity index (χ2v) is 5.51. The Hall–Kier alpha value is -2.89. The lowest BCUT2D eigenvalue weighted by atomic mass is 10.2. The van der Waals surface area contributed by atoms with Crippen LogP contribution in [-0.2, 0) is 16.1 Å². The van der Waals surface area contributed by atoms with Crippen molar-refractivity contribution in [2.45, 2.75) is 20.4 Å². The molecule has 0 aliphatic heterocycles. The number of hydrogen-bond acceptors (Lipinski definition) is 3. The van der Waals surface area contributed by atoms with Gasteiger partial charge in [0.15, 0.2) is 0 Å². The fraction of sp³-hybridized carbons (Fsp3) is 0.263. The van der Waals surface area contributed by atoms with Crippen LogP contribution in [0.3, 0.4) is 0 Å². The van der Waals surface area contributed by atoms with Gasteiger partial charge in [-0.05, 0) is 48.9 Å². The molecule has 0 saturated heterocycles. The second-order valence-electron chi connectivity index (χ2n) is 5.51. The van der Waals surface area contributed by atoms with Crippen molar-refractivity contribution in [1.29, 1.82) is 0 Å². The normalized spacial score (nSPS) is 10.2. The molecule has 5 nitrogen and oxygen atoms in total. The predicted molar refractivity (Wildman–Crippen MR) is 93.7 cm³/mol. The number of rotatable bonds is 7. The molecule has 25 heavy (non-hydrogen) atoms. The van der Waals surface area contributed by atoms with Gasteiger partial charge < -0.3 is 15.0 Å². The summed E-state index contributed by atoms with van der Waals surface area (Å²) in [6.45, 7) is 4.02. The number of anilines is 1. The number of ether oxygens (including phenoxy) is 1. The van der Waals surface area contributed by atoms with E-state index in [0.29, 0.717) is 12.3 Å². The number of nitrogens with zero attached hydrogens (tertiary/aromatic N) is 1. The van der Waals surface area contributed by atoms with E-state index in [-0.39, 0.29) is 30.7 Å². The second kappa shape index (κ2) is 8.82. The molecular formula is C19H21FN2O3. The van der Waals surface area contributed by atoms with Crippen LogP contribution in [0.5, 0.6) is 5.75 Å². The van der Waals surface area contributed by atoms with Crippen LogP contribution < -0.4 is 10.1 Å². The fourth-order valence-electron chi connectivity index (χ4n) is 2.26. The summed E-state index contributed by atoms with van der Waals surface area (Å²) in [6.07, 6.45) is 0. The van der Waals surface area contributed by atoms with Gasteiger partial charge >= 0.3 is 0 Å². The van der Waals surface area contributed by atoms with Crippen molar-refractivity contribution >= 4 is 17.5 Å². The molecule has 2 aromatic carbocycles. The van der Waals surface area contributed by atoms with Crippen LogP contribution >= 0.6 is 0 Å². The van der Waals surface area contributed by atoms with Crippen molar-refractivity contribution in [3.63, 3.8) is 0 Å². The SMILES string of the molecule is CCOc1ccc(NC(=O)CN(Cc2ccc(F)cc2)C(C)=O)cc1. The first-order chi connectivity index (χ1) is 12.0. The van der Waals surface area contributed by atoms with Crippen LogP contribution in [0.4, 0.5) is 10.1 Å². The number of halogens is 1. The number of hydrogen-bond donors (Lipinski definition) is 1. The van der Waals surface area contributed by atoms with Crippen LogP contribution in [-0.4, -0.2) is 29.9 Å². The Labute approximate surface area is 146 Å². The van der Waals surface area contributed by atoms with Crippen LogP contribution in [0, 0.1) is 5.82 Å². The quantitative estimate of drug-likeness (QED) is 0.839. The van der Waals surface area contributed by atoms with Gasteiger partial charge in [0.25, 0.3) is 0 Å². The van der Waals surface area contributed by atoms with Gasteiger partial charge in [-0.25, -0.2) is 4.39 Å². The van der Waals surface area contributed by atoms with E-state index in [1.807, 2.05) is 6.92 Å². The van der Waals surface area contributed by atoms with E-state index >= 15 is 0 Å². The van der Waals surface area contributed by atoms with Crippen LogP contribution in [0.1, 0.15) is 19.4 Å². The van der Waals surface area contributed by atoms with Crippen molar-refractivity contribution in [2.24, 2.45) is 0 Å². The Morgan fingerprint density at radius 1 is 1.08 bits per heavy atom. The Bertz CT molecular complexity index is 714. The molecule has 0 spiro atoms. The minimum atomic E-state index is -0.341. The molecular weight excluding hydrogens is 323 g/mol.